The molecule has 1 unspecified atom stereocenters. The lowest BCUT2D eigenvalue weighted by atomic mass is 10.2. The lowest BCUT2D eigenvalue weighted by molar-refractivity contribution is -0.279. The molecular weight excluding hydrogens is 252 g/mol. The van der Waals surface area contributed by atoms with Crippen LogP contribution < -0.4 is 16.4 Å². The van der Waals surface area contributed by atoms with Crippen LogP contribution in [-0.2, 0) is 10.9 Å². The van der Waals surface area contributed by atoms with Gasteiger partial charge in [-0.15, -0.1) is 0 Å². The molecule has 0 radical (unpaired) electrons. The minimum atomic E-state index is -0.769. The molecule has 0 aliphatic rings. The molecule has 0 aliphatic carbocycles. The average molecular weight is 264 g/mol. The topological polar surface area (TPSA) is 88.8 Å². The van der Waals surface area contributed by atoms with Gasteiger partial charge in [-0.2, -0.15) is 0 Å². The van der Waals surface area contributed by atoms with Crippen LogP contribution in [0.4, 0.5) is 0 Å². The van der Waals surface area contributed by atoms with Crippen molar-refractivity contribution in [3.8, 4) is 5.88 Å². The van der Waals surface area contributed by atoms with E-state index in [9.17, 15) is 14.7 Å². The van der Waals surface area contributed by atoms with E-state index in [2.05, 4.69) is 9.97 Å². The molecule has 0 bridgehead atoms. The summed E-state index contributed by atoms with van der Waals surface area (Å²) in [5, 5.41) is 11.7. The van der Waals surface area contributed by atoms with Crippen LogP contribution >= 0.6 is 0 Å². The summed E-state index contributed by atoms with van der Waals surface area (Å²) in [6, 6.07) is 7.59. The standard InChI is InChI=1S/C12H12N2O3S/c1-7-3-5-8(6-4-7)18(2)9-10(15)13-12(17)14-11(9)16/h3-6H,1-2H3,(H2-,13,14,15,16,17). The molecule has 18 heavy (non-hydrogen) atoms. The molecule has 1 atom stereocenters. The van der Waals surface area contributed by atoms with Gasteiger partial charge in [0.15, 0.2) is 4.90 Å². The van der Waals surface area contributed by atoms with E-state index in [4.69, 9.17) is 0 Å². The Morgan fingerprint density at radius 3 is 2.28 bits per heavy atom. The van der Waals surface area contributed by atoms with Crippen LogP contribution in [0.1, 0.15) is 5.56 Å². The van der Waals surface area contributed by atoms with E-state index in [0.29, 0.717) is 0 Å². The van der Waals surface area contributed by atoms with Crippen molar-refractivity contribution in [2.45, 2.75) is 16.7 Å². The van der Waals surface area contributed by atoms with E-state index in [0.717, 1.165) is 10.5 Å². The van der Waals surface area contributed by atoms with Crippen molar-refractivity contribution in [2.24, 2.45) is 0 Å². The van der Waals surface area contributed by atoms with Crippen LogP contribution in [0.15, 0.2) is 43.6 Å². The van der Waals surface area contributed by atoms with Gasteiger partial charge in [0.1, 0.15) is 6.26 Å². The number of aromatic amines is 2. The van der Waals surface area contributed by atoms with Crippen LogP contribution in [0, 0.1) is 6.92 Å². The molecule has 0 aliphatic heterocycles. The number of aryl methyl sites for hydroxylation is 1. The maximum atomic E-state index is 11.7. The number of nitrogens with one attached hydrogen (secondary N) is 2. The van der Waals surface area contributed by atoms with Crippen LogP contribution in [-0.4, -0.2) is 16.2 Å². The maximum absolute atomic E-state index is 11.7. The minimum absolute atomic E-state index is 0.0819. The normalized spacial score (nSPS) is 12.3. The molecular formula is C12H12N2O3S. The lowest BCUT2D eigenvalue weighted by Gasteiger charge is -2.09. The fourth-order valence-corrected chi connectivity index (χ4v) is 3.03. The number of aromatic nitrogens is 2. The van der Waals surface area contributed by atoms with E-state index in [1.807, 2.05) is 31.2 Å². The SMILES string of the molecule is Cc1ccc([S+](C)c2c([O-])[nH]c(=O)[nH]c2=O)cc1. The first kappa shape index (κ1) is 12.5. The Labute approximate surface area is 106 Å². The van der Waals surface area contributed by atoms with E-state index in [1.165, 1.54) is 0 Å². The highest BCUT2D eigenvalue weighted by molar-refractivity contribution is 7.96. The summed E-state index contributed by atoms with van der Waals surface area (Å²) in [5.41, 5.74) is -0.279. The van der Waals surface area contributed by atoms with Gasteiger partial charge in [-0.1, -0.05) is 17.7 Å². The second-order valence-electron chi connectivity index (χ2n) is 3.89. The Bertz CT molecular complexity index is 673. The van der Waals surface area contributed by atoms with Gasteiger partial charge in [0.25, 0.3) is 0 Å². The Kier molecular flexibility index (Phi) is 3.29. The molecule has 2 aromatic rings. The summed E-state index contributed by atoms with van der Waals surface area (Å²) in [4.78, 5) is 27.8. The molecule has 1 aromatic carbocycles. The molecule has 0 amide bonds. The van der Waals surface area contributed by atoms with Crippen molar-refractivity contribution in [3.05, 3.63) is 50.7 Å². The van der Waals surface area contributed by atoms with Crippen LogP contribution in [0.5, 0.6) is 5.88 Å². The predicted octanol–water partition coefficient (Wildman–Crippen LogP) is 0.111. The Balaban J connectivity index is 2.52. The predicted molar refractivity (Wildman–Crippen MR) is 68.1 cm³/mol. The van der Waals surface area contributed by atoms with Gasteiger partial charge in [-0.25, -0.2) is 4.79 Å². The molecule has 2 rings (SSSR count). The molecule has 6 heteroatoms. The lowest BCUT2D eigenvalue weighted by Crippen LogP contribution is -2.29. The highest BCUT2D eigenvalue weighted by Crippen LogP contribution is 2.21. The van der Waals surface area contributed by atoms with Gasteiger partial charge in [-0.3, -0.25) is 9.78 Å². The Morgan fingerprint density at radius 1 is 1.11 bits per heavy atom. The van der Waals surface area contributed by atoms with Crippen molar-refractivity contribution in [3.63, 3.8) is 0 Å². The maximum Gasteiger partial charge on any atom is 0.325 e. The average Bonchev–Trinajstić information content (AvgIpc) is 2.28. The van der Waals surface area contributed by atoms with Gasteiger partial charge >= 0.3 is 11.2 Å². The first-order valence-electron chi connectivity index (χ1n) is 5.25. The van der Waals surface area contributed by atoms with Crippen molar-refractivity contribution >= 4 is 10.9 Å². The largest absolute Gasteiger partial charge is 0.856 e. The van der Waals surface area contributed by atoms with Gasteiger partial charge < -0.3 is 10.1 Å². The highest BCUT2D eigenvalue weighted by Gasteiger charge is 2.24. The van der Waals surface area contributed by atoms with Crippen molar-refractivity contribution in [1.29, 1.82) is 0 Å². The summed E-state index contributed by atoms with van der Waals surface area (Å²) in [6.07, 6.45) is 1.79. The molecule has 0 saturated carbocycles. The van der Waals surface area contributed by atoms with Gasteiger partial charge in [0.2, 0.25) is 4.90 Å². The summed E-state index contributed by atoms with van der Waals surface area (Å²) >= 11 is 0. The molecule has 0 spiro atoms. The van der Waals surface area contributed by atoms with Crippen LogP contribution in [0.2, 0.25) is 0 Å². The second kappa shape index (κ2) is 4.73. The van der Waals surface area contributed by atoms with E-state index < -0.39 is 28.0 Å². The smallest absolute Gasteiger partial charge is 0.325 e. The summed E-state index contributed by atoms with van der Waals surface area (Å²) < 4.78 is 0. The quantitative estimate of drug-likeness (QED) is 0.755. The summed E-state index contributed by atoms with van der Waals surface area (Å²) in [6.45, 7) is 1.96. The van der Waals surface area contributed by atoms with Crippen molar-refractivity contribution in [1.82, 2.24) is 9.97 Å². The zero-order chi connectivity index (χ0) is 13.3. The number of hydrogen-bond acceptors (Lipinski definition) is 3. The van der Waals surface area contributed by atoms with E-state index in [1.54, 1.807) is 6.26 Å². The molecule has 5 nitrogen and oxygen atoms in total. The fourth-order valence-electron chi connectivity index (χ4n) is 1.59. The van der Waals surface area contributed by atoms with Crippen molar-refractivity contribution in [2.75, 3.05) is 6.26 Å². The molecule has 1 aromatic heterocycles. The first-order chi connectivity index (χ1) is 8.49. The van der Waals surface area contributed by atoms with Crippen molar-refractivity contribution < 1.29 is 5.11 Å². The van der Waals surface area contributed by atoms with Gasteiger partial charge in [-0.05, 0) is 19.1 Å². The zero-order valence-electron chi connectivity index (χ0n) is 9.94. The molecule has 0 saturated heterocycles. The monoisotopic (exact) mass is 264 g/mol. The first-order valence-corrected chi connectivity index (χ1v) is 6.88. The molecule has 94 valence electrons. The number of hydrogen-bond donors (Lipinski definition) is 2. The Hall–Kier alpha value is -1.95. The third-order valence-electron chi connectivity index (χ3n) is 2.55. The minimum Gasteiger partial charge on any atom is -0.856 e. The van der Waals surface area contributed by atoms with Gasteiger partial charge in [0, 0.05) is 5.88 Å². The van der Waals surface area contributed by atoms with Gasteiger partial charge in [0.05, 0.1) is 10.9 Å². The molecule has 2 N–H and O–H groups in total. The van der Waals surface area contributed by atoms with E-state index in [-0.39, 0.29) is 4.90 Å². The fraction of sp³-hybridized carbons (Fsp3) is 0.167. The zero-order valence-corrected chi connectivity index (χ0v) is 10.8. The Morgan fingerprint density at radius 2 is 1.72 bits per heavy atom. The van der Waals surface area contributed by atoms with E-state index >= 15 is 0 Å². The van der Waals surface area contributed by atoms with Crippen LogP contribution in [0.3, 0.4) is 0 Å². The third-order valence-corrected chi connectivity index (χ3v) is 4.51. The number of benzene rings is 1. The number of H-pyrrole nitrogens is 2. The summed E-state index contributed by atoms with van der Waals surface area (Å²) in [5.74, 6) is -0.616. The summed E-state index contributed by atoms with van der Waals surface area (Å²) in [7, 11) is -0.663. The van der Waals surface area contributed by atoms with Crippen LogP contribution in [0.25, 0.3) is 0 Å². The third kappa shape index (κ3) is 2.33. The second-order valence-corrected chi connectivity index (χ2v) is 5.79. The number of rotatable bonds is 2. The molecule has 0 fully saturated rings. The highest BCUT2D eigenvalue weighted by atomic mass is 32.2. The molecule has 1 heterocycles.